The Morgan fingerprint density at radius 2 is 2.04 bits per heavy atom. The Bertz CT molecular complexity index is 694. The lowest BCUT2D eigenvalue weighted by molar-refractivity contribution is -0.187. The molecule has 1 saturated heterocycles. The van der Waals surface area contributed by atoms with E-state index in [2.05, 4.69) is 5.32 Å². The lowest BCUT2D eigenvalue weighted by atomic mass is 9.96. The van der Waals surface area contributed by atoms with Crippen LogP contribution in [0.1, 0.15) is 24.5 Å². The molecule has 1 fully saturated rings. The van der Waals surface area contributed by atoms with Crippen molar-refractivity contribution in [1.29, 1.82) is 0 Å². The van der Waals surface area contributed by atoms with Crippen molar-refractivity contribution in [2.75, 3.05) is 19.7 Å². The molecule has 0 unspecified atom stereocenters. The number of aliphatic carboxylic acids is 1. The maximum absolute atomic E-state index is 13.0. The summed E-state index contributed by atoms with van der Waals surface area (Å²) in [5.41, 5.74) is 1.68. The minimum atomic E-state index is -4.66. The van der Waals surface area contributed by atoms with E-state index < -0.39 is 43.1 Å². The Morgan fingerprint density at radius 3 is 2.56 bits per heavy atom. The average Bonchev–Trinajstić information content (AvgIpc) is 3.05. The number of nitrogens with one attached hydrogen (secondary N) is 1. The summed E-state index contributed by atoms with van der Waals surface area (Å²) >= 11 is 0. The maximum Gasteiger partial charge on any atom is 0.394 e. The highest BCUT2D eigenvalue weighted by atomic mass is 19.4. The van der Waals surface area contributed by atoms with Crippen LogP contribution in [-0.4, -0.2) is 47.9 Å². The highest BCUT2D eigenvalue weighted by Gasteiger charge is 2.53. The van der Waals surface area contributed by atoms with Crippen LogP contribution in [0.5, 0.6) is 5.75 Å². The van der Waals surface area contributed by atoms with Crippen LogP contribution in [0.2, 0.25) is 0 Å². The van der Waals surface area contributed by atoms with Crippen LogP contribution in [0.15, 0.2) is 18.2 Å². The Morgan fingerprint density at radius 1 is 1.33 bits per heavy atom. The third-order valence-electron chi connectivity index (χ3n) is 4.56. The summed E-state index contributed by atoms with van der Waals surface area (Å²) in [4.78, 5) is 24.2. The van der Waals surface area contributed by atoms with Crippen LogP contribution in [0.3, 0.4) is 0 Å². The fourth-order valence-electron chi connectivity index (χ4n) is 3.01. The Hall–Kier alpha value is -2.45. The number of hydrogen-bond donors (Lipinski definition) is 2. The van der Waals surface area contributed by atoms with E-state index in [0.29, 0.717) is 12.4 Å². The number of halogens is 3. The summed E-state index contributed by atoms with van der Waals surface area (Å²) in [5, 5.41) is 11.6. The number of rotatable bonds is 6. The van der Waals surface area contributed by atoms with Crippen molar-refractivity contribution in [2.24, 2.45) is 11.8 Å². The number of ether oxygens (including phenoxy) is 1. The van der Waals surface area contributed by atoms with Crippen molar-refractivity contribution < 1.29 is 32.6 Å². The summed E-state index contributed by atoms with van der Waals surface area (Å²) in [7, 11) is 0. The lowest BCUT2D eigenvalue weighted by Crippen LogP contribution is -2.39. The summed E-state index contributed by atoms with van der Waals surface area (Å²) in [6.07, 6.45) is -3.79. The fraction of sp³-hybridized carbons (Fsp3) is 0.556. The standard InChI is InChI=1S/C18H23F3N2O4/c1-3-6-27-13-5-4-12(11(2)7-13)8-22-17(26)23-9-14(16(24)25)15(10-23)18(19,20)21/h4-5,7,14-15H,3,6,8-10H2,1-2H3,(H,22,26)(H,24,25)/t14-,15-/m1/s1. The van der Waals surface area contributed by atoms with Gasteiger partial charge in [-0.3, -0.25) is 4.79 Å². The zero-order valence-corrected chi connectivity index (χ0v) is 15.2. The molecular formula is C18H23F3N2O4. The van der Waals surface area contributed by atoms with Crippen LogP contribution in [0, 0.1) is 18.8 Å². The summed E-state index contributed by atoms with van der Waals surface area (Å²) in [5.74, 6) is -4.54. The van der Waals surface area contributed by atoms with Crippen molar-refractivity contribution in [3.8, 4) is 5.75 Å². The van der Waals surface area contributed by atoms with Gasteiger partial charge in [0.2, 0.25) is 0 Å². The number of likely N-dealkylation sites (tertiary alicyclic amines) is 1. The first-order chi connectivity index (χ1) is 12.6. The van der Waals surface area contributed by atoms with Crippen molar-refractivity contribution in [3.05, 3.63) is 29.3 Å². The molecular weight excluding hydrogens is 365 g/mol. The number of alkyl halides is 3. The zero-order valence-electron chi connectivity index (χ0n) is 15.2. The number of amides is 2. The van der Waals surface area contributed by atoms with E-state index in [4.69, 9.17) is 9.84 Å². The highest BCUT2D eigenvalue weighted by molar-refractivity contribution is 5.77. The monoisotopic (exact) mass is 388 g/mol. The maximum atomic E-state index is 13.0. The fourth-order valence-corrected chi connectivity index (χ4v) is 3.01. The van der Waals surface area contributed by atoms with Gasteiger partial charge in [0, 0.05) is 19.6 Å². The van der Waals surface area contributed by atoms with Gasteiger partial charge in [0.05, 0.1) is 18.4 Å². The van der Waals surface area contributed by atoms with Gasteiger partial charge in [-0.05, 0) is 36.6 Å². The molecule has 0 bridgehead atoms. The topological polar surface area (TPSA) is 78.9 Å². The predicted octanol–water partition coefficient (Wildman–Crippen LogP) is 3.19. The molecule has 1 heterocycles. The van der Waals surface area contributed by atoms with E-state index in [0.717, 1.165) is 22.4 Å². The molecule has 2 N–H and O–H groups in total. The van der Waals surface area contributed by atoms with Crippen LogP contribution < -0.4 is 10.1 Å². The minimum Gasteiger partial charge on any atom is -0.494 e. The van der Waals surface area contributed by atoms with Gasteiger partial charge in [0.25, 0.3) is 0 Å². The van der Waals surface area contributed by atoms with Gasteiger partial charge in [0.1, 0.15) is 5.75 Å². The number of urea groups is 1. The van der Waals surface area contributed by atoms with Gasteiger partial charge >= 0.3 is 18.2 Å². The number of aryl methyl sites for hydroxylation is 1. The molecule has 1 aliphatic rings. The van der Waals surface area contributed by atoms with Crippen LogP contribution in [0.4, 0.5) is 18.0 Å². The average molecular weight is 388 g/mol. The van der Waals surface area contributed by atoms with E-state index in [1.54, 1.807) is 12.1 Å². The van der Waals surface area contributed by atoms with E-state index in [1.807, 2.05) is 19.9 Å². The first kappa shape index (κ1) is 20.9. The molecule has 0 spiro atoms. The molecule has 1 aliphatic heterocycles. The van der Waals surface area contributed by atoms with Crippen LogP contribution in [0.25, 0.3) is 0 Å². The van der Waals surface area contributed by atoms with E-state index >= 15 is 0 Å². The molecule has 0 aliphatic carbocycles. The normalized spacial score (nSPS) is 19.8. The third kappa shape index (κ3) is 5.27. The summed E-state index contributed by atoms with van der Waals surface area (Å²) < 4.78 is 44.5. The molecule has 2 amide bonds. The molecule has 2 atom stereocenters. The van der Waals surface area contributed by atoms with E-state index in [1.165, 1.54) is 0 Å². The van der Waals surface area contributed by atoms with Crippen LogP contribution >= 0.6 is 0 Å². The molecule has 150 valence electrons. The molecule has 1 aromatic rings. The predicted molar refractivity (Wildman–Crippen MR) is 91.4 cm³/mol. The Labute approximate surface area is 155 Å². The molecule has 0 radical (unpaired) electrons. The van der Waals surface area contributed by atoms with Crippen molar-refractivity contribution in [1.82, 2.24) is 10.2 Å². The second kappa shape index (κ2) is 8.49. The molecule has 0 aromatic heterocycles. The van der Waals surface area contributed by atoms with Crippen molar-refractivity contribution >= 4 is 12.0 Å². The van der Waals surface area contributed by atoms with E-state index in [9.17, 15) is 22.8 Å². The molecule has 1 aromatic carbocycles. The lowest BCUT2D eigenvalue weighted by Gasteiger charge is -2.19. The van der Waals surface area contributed by atoms with Crippen molar-refractivity contribution in [2.45, 2.75) is 33.0 Å². The van der Waals surface area contributed by atoms with Gasteiger partial charge in [-0.2, -0.15) is 13.2 Å². The quantitative estimate of drug-likeness (QED) is 0.785. The molecule has 6 nitrogen and oxygen atoms in total. The largest absolute Gasteiger partial charge is 0.494 e. The number of carboxylic acid groups (broad SMARTS) is 1. The number of carboxylic acids is 1. The van der Waals surface area contributed by atoms with Gasteiger partial charge in [-0.15, -0.1) is 0 Å². The second-order valence-electron chi connectivity index (χ2n) is 6.59. The number of benzene rings is 1. The summed E-state index contributed by atoms with van der Waals surface area (Å²) in [6, 6.07) is 4.66. The number of nitrogens with zero attached hydrogens (tertiary/aromatic N) is 1. The second-order valence-corrected chi connectivity index (χ2v) is 6.59. The SMILES string of the molecule is CCCOc1ccc(CNC(=O)N2C[C@@H](C(F)(F)F)[C@H](C(=O)O)C2)c(C)c1. The third-order valence-corrected chi connectivity index (χ3v) is 4.56. The number of carbonyl (C=O) groups is 2. The van der Waals surface area contributed by atoms with Gasteiger partial charge in [-0.25, -0.2) is 4.79 Å². The smallest absolute Gasteiger partial charge is 0.394 e. The molecule has 27 heavy (non-hydrogen) atoms. The number of carbonyl (C=O) groups excluding carboxylic acids is 1. The van der Waals surface area contributed by atoms with Crippen molar-refractivity contribution in [3.63, 3.8) is 0 Å². The number of hydrogen-bond acceptors (Lipinski definition) is 3. The summed E-state index contributed by atoms with van der Waals surface area (Å²) in [6.45, 7) is 3.44. The first-order valence-corrected chi connectivity index (χ1v) is 8.68. The highest BCUT2D eigenvalue weighted by Crippen LogP contribution is 2.37. The molecule has 2 rings (SSSR count). The van der Waals surface area contributed by atoms with Gasteiger partial charge in [0.15, 0.2) is 0 Å². The van der Waals surface area contributed by atoms with Crippen LogP contribution in [-0.2, 0) is 11.3 Å². The van der Waals surface area contributed by atoms with E-state index in [-0.39, 0.29) is 6.54 Å². The Balaban J connectivity index is 1.97. The van der Waals surface area contributed by atoms with Gasteiger partial charge < -0.3 is 20.1 Å². The van der Waals surface area contributed by atoms with Gasteiger partial charge in [-0.1, -0.05) is 13.0 Å². The zero-order chi connectivity index (χ0) is 20.2. The molecule has 0 saturated carbocycles. The first-order valence-electron chi connectivity index (χ1n) is 8.68. The molecule has 9 heteroatoms. The minimum absolute atomic E-state index is 0.129. The Kier molecular flexibility index (Phi) is 6.56.